The summed E-state index contributed by atoms with van der Waals surface area (Å²) in [4.78, 5) is 11.2. The lowest BCUT2D eigenvalue weighted by Crippen LogP contribution is -2.42. The molecule has 6 nitrogen and oxygen atoms in total. The molecule has 94 valence electrons. The van der Waals surface area contributed by atoms with Gasteiger partial charge in [-0.05, 0) is 20.3 Å². The molecule has 1 atom stereocenters. The first-order valence-corrected chi connectivity index (χ1v) is 6.66. The van der Waals surface area contributed by atoms with Crippen LogP contribution in [0.1, 0.15) is 20.3 Å². The molecule has 0 spiro atoms. The summed E-state index contributed by atoms with van der Waals surface area (Å²) in [5.74, 6) is -0.684. The Morgan fingerprint density at radius 1 is 1.50 bits per heavy atom. The van der Waals surface area contributed by atoms with Crippen LogP contribution in [0, 0.1) is 5.92 Å². The fraction of sp³-hybridized carbons (Fsp3) is 0.889. The number of methoxy groups -OCH3 is 1. The van der Waals surface area contributed by atoms with E-state index in [2.05, 4.69) is 9.46 Å². The van der Waals surface area contributed by atoms with E-state index in [1.165, 1.54) is 11.4 Å². The largest absolute Gasteiger partial charge is 0.469 e. The molecule has 0 aromatic rings. The topological polar surface area (TPSA) is 75.7 Å². The summed E-state index contributed by atoms with van der Waals surface area (Å²) in [6.07, 6.45) is 0.520. The van der Waals surface area contributed by atoms with Crippen molar-refractivity contribution in [3.63, 3.8) is 0 Å². The molecule has 1 fully saturated rings. The predicted octanol–water partition coefficient (Wildman–Crippen LogP) is -0.276. The van der Waals surface area contributed by atoms with Gasteiger partial charge in [0.25, 0.3) is 10.2 Å². The minimum atomic E-state index is -3.46. The van der Waals surface area contributed by atoms with E-state index in [9.17, 15) is 13.2 Å². The molecule has 1 aliphatic heterocycles. The van der Waals surface area contributed by atoms with Gasteiger partial charge in [0.05, 0.1) is 13.0 Å². The van der Waals surface area contributed by atoms with E-state index in [0.29, 0.717) is 13.0 Å². The number of rotatable bonds is 4. The van der Waals surface area contributed by atoms with Gasteiger partial charge in [-0.2, -0.15) is 17.4 Å². The Kier molecular flexibility index (Phi) is 4.28. The molecular weight excluding hydrogens is 232 g/mol. The number of carbonyl (C=O) groups excluding carboxylic acids is 1. The Bertz CT molecular complexity index is 353. The number of nitrogens with zero attached hydrogens (tertiary/aromatic N) is 1. The van der Waals surface area contributed by atoms with Gasteiger partial charge >= 0.3 is 5.97 Å². The van der Waals surface area contributed by atoms with E-state index in [-0.39, 0.29) is 24.5 Å². The molecule has 1 heterocycles. The molecule has 1 unspecified atom stereocenters. The van der Waals surface area contributed by atoms with Gasteiger partial charge in [0.1, 0.15) is 0 Å². The molecule has 0 saturated carbocycles. The van der Waals surface area contributed by atoms with Crippen LogP contribution in [0.5, 0.6) is 0 Å². The maximum Gasteiger partial charge on any atom is 0.310 e. The van der Waals surface area contributed by atoms with Gasteiger partial charge in [-0.1, -0.05) is 0 Å². The Labute approximate surface area is 96.1 Å². The van der Waals surface area contributed by atoms with Crippen LogP contribution in [0.25, 0.3) is 0 Å². The quantitative estimate of drug-likeness (QED) is 0.697. The highest BCUT2D eigenvalue weighted by Crippen LogP contribution is 2.19. The van der Waals surface area contributed by atoms with Gasteiger partial charge in [0.15, 0.2) is 0 Å². The molecule has 0 amide bonds. The summed E-state index contributed by atoms with van der Waals surface area (Å²) < 4.78 is 31.9. The molecule has 0 bridgehead atoms. The van der Waals surface area contributed by atoms with Crippen LogP contribution < -0.4 is 4.72 Å². The van der Waals surface area contributed by atoms with E-state index in [1.54, 1.807) is 13.8 Å². The van der Waals surface area contributed by atoms with E-state index in [0.717, 1.165) is 0 Å². The smallest absolute Gasteiger partial charge is 0.310 e. The Balaban J connectivity index is 2.62. The summed E-state index contributed by atoms with van der Waals surface area (Å²) >= 11 is 0. The molecule has 0 aromatic heterocycles. The van der Waals surface area contributed by atoms with Crippen LogP contribution in [-0.2, 0) is 19.7 Å². The summed E-state index contributed by atoms with van der Waals surface area (Å²) in [5.41, 5.74) is 0. The molecular formula is C9H18N2O4S. The second-order valence-corrected chi connectivity index (χ2v) is 5.85. The maximum atomic E-state index is 11.8. The fourth-order valence-electron chi connectivity index (χ4n) is 1.68. The van der Waals surface area contributed by atoms with Crippen molar-refractivity contribution in [2.24, 2.45) is 5.92 Å². The molecule has 16 heavy (non-hydrogen) atoms. The van der Waals surface area contributed by atoms with Crippen LogP contribution in [0.4, 0.5) is 0 Å². The molecule has 1 aliphatic rings. The molecule has 1 saturated heterocycles. The lowest BCUT2D eigenvalue weighted by molar-refractivity contribution is -0.144. The molecule has 0 aromatic carbocycles. The second-order valence-electron chi connectivity index (χ2n) is 4.14. The molecule has 0 radical (unpaired) electrons. The first kappa shape index (κ1) is 13.4. The zero-order chi connectivity index (χ0) is 12.3. The summed E-state index contributed by atoms with van der Waals surface area (Å²) in [6, 6.07) is -0.151. The highest BCUT2D eigenvalue weighted by molar-refractivity contribution is 7.87. The van der Waals surface area contributed by atoms with Crippen molar-refractivity contribution in [2.45, 2.75) is 26.3 Å². The zero-order valence-electron chi connectivity index (χ0n) is 9.76. The number of hydrogen-bond acceptors (Lipinski definition) is 4. The predicted molar refractivity (Wildman–Crippen MR) is 58.9 cm³/mol. The third kappa shape index (κ3) is 3.16. The van der Waals surface area contributed by atoms with Crippen molar-refractivity contribution in [1.82, 2.24) is 9.03 Å². The van der Waals surface area contributed by atoms with E-state index in [4.69, 9.17) is 0 Å². The van der Waals surface area contributed by atoms with Gasteiger partial charge in [0.2, 0.25) is 0 Å². The average molecular weight is 250 g/mol. The van der Waals surface area contributed by atoms with E-state index in [1.807, 2.05) is 0 Å². The molecule has 1 rings (SSSR count). The Morgan fingerprint density at radius 2 is 2.12 bits per heavy atom. The summed E-state index contributed by atoms with van der Waals surface area (Å²) in [7, 11) is -2.15. The Morgan fingerprint density at radius 3 is 2.62 bits per heavy atom. The lowest BCUT2D eigenvalue weighted by Gasteiger charge is -2.18. The zero-order valence-corrected chi connectivity index (χ0v) is 10.6. The van der Waals surface area contributed by atoms with Crippen LogP contribution in [0.2, 0.25) is 0 Å². The number of hydrogen-bond donors (Lipinski definition) is 1. The number of ether oxygens (including phenoxy) is 1. The standard InChI is InChI=1S/C9H18N2O4S/c1-7(2)10-16(13,14)11-5-4-8(6-11)9(12)15-3/h7-8,10H,4-6H2,1-3H3. The highest BCUT2D eigenvalue weighted by atomic mass is 32.2. The second kappa shape index (κ2) is 5.11. The van der Waals surface area contributed by atoms with Gasteiger partial charge < -0.3 is 4.74 Å². The van der Waals surface area contributed by atoms with Crippen LogP contribution >= 0.6 is 0 Å². The third-order valence-corrected chi connectivity index (χ3v) is 4.19. The molecule has 7 heteroatoms. The van der Waals surface area contributed by atoms with Crippen molar-refractivity contribution < 1.29 is 17.9 Å². The third-order valence-electron chi connectivity index (χ3n) is 2.41. The van der Waals surface area contributed by atoms with Crippen LogP contribution in [-0.4, -0.2) is 44.9 Å². The maximum absolute atomic E-state index is 11.8. The van der Waals surface area contributed by atoms with Crippen LogP contribution in [0.15, 0.2) is 0 Å². The van der Waals surface area contributed by atoms with Gasteiger partial charge in [-0.15, -0.1) is 0 Å². The first-order chi connectivity index (χ1) is 7.36. The SMILES string of the molecule is COC(=O)C1CCN(S(=O)(=O)NC(C)C)C1. The van der Waals surface area contributed by atoms with E-state index < -0.39 is 10.2 Å². The van der Waals surface area contributed by atoms with Crippen molar-refractivity contribution in [1.29, 1.82) is 0 Å². The number of esters is 1. The minimum absolute atomic E-state index is 0.151. The van der Waals surface area contributed by atoms with E-state index >= 15 is 0 Å². The average Bonchev–Trinajstić information content (AvgIpc) is 2.63. The fourth-order valence-corrected chi connectivity index (χ4v) is 3.14. The highest BCUT2D eigenvalue weighted by Gasteiger charge is 2.35. The number of carbonyl (C=O) groups is 1. The summed E-state index contributed by atoms with van der Waals surface area (Å²) in [6.45, 7) is 4.08. The number of nitrogens with one attached hydrogen (secondary N) is 1. The molecule has 1 N–H and O–H groups in total. The molecule has 0 aliphatic carbocycles. The van der Waals surface area contributed by atoms with Crippen molar-refractivity contribution in [3.8, 4) is 0 Å². The van der Waals surface area contributed by atoms with Crippen molar-refractivity contribution >= 4 is 16.2 Å². The van der Waals surface area contributed by atoms with Gasteiger partial charge in [0, 0.05) is 19.1 Å². The first-order valence-electron chi connectivity index (χ1n) is 5.22. The monoisotopic (exact) mass is 250 g/mol. The Hall–Kier alpha value is -0.660. The lowest BCUT2D eigenvalue weighted by atomic mass is 10.1. The van der Waals surface area contributed by atoms with Gasteiger partial charge in [-0.25, -0.2) is 0 Å². The minimum Gasteiger partial charge on any atom is -0.469 e. The normalized spacial score (nSPS) is 22.6. The van der Waals surface area contributed by atoms with Crippen molar-refractivity contribution in [2.75, 3.05) is 20.2 Å². The van der Waals surface area contributed by atoms with Crippen molar-refractivity contribution in [3.05, 3.63) is 0 Å². The van der Waals surface area contributed by atoms with Gasteiger partial charge in [-0.3, -0.25) is 4.79 Å². The summed E-state index contributed by atoms with van der Waals surface area (Å²) in [5, 5.41) is 0. The van der Waals surface area contributed by atoms with Crippen LogP contribution in [0.3, 0.4) is 0 Å².